The minimum absolute atomic E-state index is 0.0862. The molecule has 3 aromatic rings. The van der Waals surface area contributed by atoms with Gasteiger partial charge in [0.05, 0.1) is 12.1 Å². The normalized spacial score (nSPS) is 24.6. The van der Waals surface area contributed by atoms with Crippen LogP contribution in [-0.4, -0.2) is 76.6 Å². The van der Waals surface area contributed by atoms with E-state index in [9.17, 15) is 9.90 Å². The number of hydrogen-bond donors (Lipinski definition) is 1. The summed E-state index contributed by atoms with van der Waals surface area (Å²) < 4.78 is 0. The average molecular weight is 510 g/mol. The molecule has 0 bridgehead atoms. The Morgan fingerprint density at radius 2 is 1.42 bits per heavy atom. The van der Waals surface area contributed by atoms with Crippen LogP contribution < -0.4 is 0 Å². The Hall–Kier alpha value is -2.99. The fraction of sp³-hybridized carbons (Fsp3) is 0.424. The van der Waals surface area contributed by atoms with E-state index in [4.69, 9.17) is 0 Å². The van der Waals surface area contributed by atoms with Crippen molar-refractivity contribution in [2.45, 2.75) is 56.3 Å². The Morgan fingerprint density at radius 1 is 0.789 bits per heavy atom. The molecule has 5 nitrogen and oxygen atoms in total. The molecule has 0 radical (unpaired) electrons. The Bertz CT molecular complexity index is 1170. The predicted molar refractivity (Wildman–Crippen MR) is 151 cm³/mol. The highest BCUT2D eigenvalue weighted by molar-refractivity contribution is 5.98. The van der Waals surface area contributed by atoms with Crippen LogP contribution >= 0.6 is 0 Å². The lowest BCUT2D eigenvalue weighted by atomic mass is 9.85. The van der Waals surface area contributed by atoms with Crippen LogP contribution in [0.2, 0.25) is 0 Å². The number of fused-ring (bicyclic) bond motifs is 1. The molecular weight excluding hydrogens is 470 g/mol. The SMILES string of the molecule is O=C1c2ccccc2CN1C1C(O)CCCC1N1CCN(CCC(c2ccccc2)c2ccccc2)CC1. The van der Waals surface area contributed by atoms with Crippen molar-refractivity contribution >= 4 is 5.91 Å². The first kappa shape index (κ1) is 25.3. The van der Waals surface area contributed by atoms with Gasteiger partial charge in [-0.05, 0) is 55.0 Å². The predicted octanol–water partition coefficient (Wildman–Crippen LogP) is 4.76. The molecule has 198 valence electrons. The van der Waals surface area contributed by atoms with E-state index in [2.05, 4.69) is 70.5 Å². The van der Waals surface area contributed by atoms with E-state index in [0.717, 1.165) is 69.5 Å². The molecule has 0 spiro atoms. The third-order valence-electron chi connectivity index (χ3n) is 9.01. The van der Waals surface area contributed by atoms with Crippen LogP contribution in [-0.2, 0) is 6.54 Å². The topological polar surface area (TPSA) is 47.0 Å². The van der Waals surface area contributed by atoms with Crippen LogP contribution in [0.5, 0.6) is 0 Å². The number of carbonyl (C=O) groups excluding carboxylic acids is 1. The zero-order valence-electron chi connectivity index (χ0n) is 22.2. The van der Waals surface area contributed by atoms with Gasteiger partial charge in [-0.2, -0.15) is 0 Å². The number of hydrogen-bond acceptors (Lipinski definition) is 4. The van der Waals surface area contributed by atoms with Gasteiger partial charge in [-0.25, -0.2) is 0 Å². The van der Waals surface area contributed by atoms with Crippen LogP contribution in [0.1, 0.15) is 58.6 Å². The minimum atomic E-state index is -0.456. The van der Waals surface area contributed by atoms with Crippen LogP contribution in [0.15, 0.2) is 84.9 Å². The van der Waals surface area contributed by atoms with E-state index >= 15 is 0 Å². The van der Waals surface area contributed by atoms with Gasteiger partial charge in [-0.15, -0.1) is 0 Å². The average Bonchev–Trinajstić information content (AvgIpc) is 3.30. The van der Waals surface area contributed by atoms with Gasteiger partial charge in [0.15, 0.2) is 0 Å². The number of amides is 1. The second-order valence-corrected chi connectivity index (χ2v) is 11.2. The van der Waals surface area contributed by atoms with Gasteiger partial charge in [0, 0.05) is 50.2 Å². The summed E-state index contributed by atoms with van der Waals surface area (Å²) in [6, 6.07) is 29.8. The maximum absolute atomic E-state index is 13.3. The number of rotatable bonds is 7. The standard InChI is InChI=1S/C33H39N3O2/c37-31-17-9-16-30(32(31)36-24-27-14-7-8-15-29(27)33(36)38)35-22-20-34(21-23-35)19-18-28(25-10-3-1-4-11-25)26-12-5-2-6-13-26/h1-8,10-15,28,30-32,37H,9,16-24H2. The van der Waals surface area contributed by atoms with Crippen molar-refractivity contribution in [3.8, 4) is 0 Å². The maximum atomic E-state index is 13.3. The van der Waals surface area contributed by atoms with E-state index in [1.807, 2.05) is 29.2 Å². The Morgan fingerprint density at radius 3 is 2.08 bits per heavy atom. The summed E-state index contributed by atoms with van der Waals surface area (Å²) in [5.41, 5.74) is 4.66. The molecule has 1 N–H and O–H groups in total. The van der Waals surface area contributed by atoms with Crippen molar-refractivity contribution in [2.24, 2.45) is 0 Å². The van der Waals surface area contributed by atoms with Gasteiger partial charge in [0.2, 0.25) is 0 Å². The number of aliphatic hydroxyl groups is 1. The monoisotopic (exact) mass is 509 g/mol. The summed E-state index contributed by atoms with van der Waals surface area (Å²) >= 11 is 0. The van der Waals surface area contributed by atoms with Crippen LogP contribution in [0, 0.1) is 0 Å². The fourth-order valence-corrected chi connectivity index (χ4v) is 6.99. The fourth-order valence-electron chi connectivity index (χ4n) is 6.99. The third kappa shape index (κ3) is 5.15. The van der Waals surface area contributed by atoms with Gasteiger partial charge in [-0.1, -0.05) is 78.9 Å². The van der Waals surface area contributed by atoms with Gasteiger partial charge < -0.3 is 14.9 Å². The number of piperazine rings is 1. The van der Waals surface area contributed by atoms with Gasteiger partial charge in [-0.3, -0.25) is 9.69 Å². The highest BCUT2D eigenvalue weighted by atomic mass is 16.3. The quantitative estimate of drug-likeness (QED) is 0.499. The minimum Gasteiger partial charge on any atom is -0.391 e. The van der Waals surface area contributed by atoms with E-state index in [-0.39, 0.29) is 18.0 Å². The molecule has 3 unspecified atom stereocenters. The molecule has 2 heterocycles. The maximum Gasteiger partial charge on any atom is 0.254 e. The molecule has 5 heteroatoms. The Balaban J connectivity index is 1.10. The molecule has 1 aliphatic carbocycles. The van der Waals surface area contributed by atoms with Crippen LogP contribution in [0.4, 0.5) is 0 Å². The van der Waals surface area contributed by atoms with Crippen molar-refractivity contribution in [1.29, 1.82) is 0 Å². The number of aliphatic hydroxyl groups excluding tert-OH is 1. The molecule has 1 amide bonds. The van der Waals surface area contributed by atoms with E-state index in [1.54, 1.807) is 0 Å². The van der Waals surface area contributed by atoms with Crippen LogP contribution in [0.25, 0.3) is 0 Å². The molecule has 1 saturated carbocycles. The van der Waals surface area contributed by atoms with Gasteiger partial charge >= 0.3 is 0 Å². The molecule has 2 aliphatic heterocycles. The van der Waals surface area contributed by atoms with Crippen LogP contribution in [0.3, 0.4) is 0 Å². The molecular formula is C33H39N3O2. The van der Waals surface area contributed by atoms with Crippen molar-refractivity contribution < 1.29 is 9.90 Å². The number of nitrogens with zero attached hydrogens (tertiary/aromatic N) is 3. The molecule has 1 saturated heterocycles. The number of carbonyl (C=O) groups is 1. The van der Waals surface area contributed by atoms with E-state index < -0.39 is 6.10 Å². The van der Waals surface area contributed by atoms with E-state index in [1.165, 1.54) is 11.1 Å². The van der Waals surface area contributed by atoms with Gasteiger partial charge in [0.25, 0.3) is 5.91 Å². The summed E-state index contributed by atoms with van der Waals surface area (Å²) in [6.45, 7) is 5.73. The lowest BCUT2D eigenvalue weighted by molar-refractivity contribution is -0.0386. The lowest BCUT2D eigenvalue weighted by Crippen LogP contribution is -2.62. The molecule has 3 atom stereocenters. The highest BCUT2D eigenvalue weighted by Crippen LogP contribution is 2.34. The van der Waals surface area contributed by atoms with Crippen molar-refractivity contribution in [3.05, 3.63) is 107 Å². The zero-order chi connectivity index (χ0) is 25.9. The second kappa shape index (κ2) is 11.4. The van der Waals surface area contributed by atoms with Gasteiger partial charge in [0.1, 0.15) is 0 Å². The summed E-state index contributed by atoms with van der Waals surface area (Å²) in [6.07, 6.45) is 3.49. The smallest absolute Gasteiger partial charge is 0.254 e. The first-order valence-corrected chi connectivity index (χ1v) is 14.3. The zero-order valence-corrected chi connectivity index (χ0v) is 22.2. The highest BCUT2D eigenvalue weighted by Gasteiger charge is 2.44. The first-order valence-electron chi connectivity index (χ1n) is 14.3. The lowest BCUT2D eigenvalue weighted by Gasteiger charge is -2.48. The van der Waals surface area contributed by atoms with Crippen molar-refractivity contribution in [2.75, 3.05) is 32.7 Å². The van der Waals surface area contributed by atoms with Crippen molar-refractivity contribution in [3.63, 3.8) is 0 Å². The Labute approximate surface area is 226 Å². The summed E-state index contributed by atoms with van der Waals surface area (Å²) in [5.74, 6) is 0.485. The summed E-state index contributed by atoms with van der Waals surface area (Å²) in [5, 5.41) is 11.1. The summed E-state index contributed by atoms with van der Waals surface area (Å²) in [4.78, 5) is 20.4. The largest absolute Gasteiger partial charge is 0.391 e. The first-order chi connectivity index (χ1) is 18.7. The summed E-state index contributed by atoms with van der Waals surface area (Å²) in [7, 11) is 0. The molecule has 3 aromatic carbocycles. The molecule has 2 fully saturated rings. The van der Waals surface area contributed by atoms with E-state index in [0.29, 0.717) is 12.5 Å². The molecule has 0 aromatic heterocycles. The molecule has 3 aliphatic rings. The van der Waals surface area contributed by atoms with Crippen molar-refractivity contribution in [1.82, 2.24) is 14.7 Å². The Kier molecular flexibility index (Phi) is 7.59. The third-order valence-corrected chi connectivity index (χ3v) is 9.01. The second-order valence-electron chi connectivity index (χ2n) is 11.2. The molecule has 38 heavy (non-hydrogen) atoms. The number of benzene rings is 3. The molecule has 6 rings (SSSR count).